The van der Waals surface area contributed by atoms with Crippen LogP contribution in [0.1, 0.15) is 83.5 Å². The van der Waals surface area contributed by atoms with Crippen molar-refractivity contribution in [2.45, 2.75) is 101 Å². The second-order valence-corrected chi connectivity index (χ2v) is 10.1. The Morgan fingerprint density at radius 3 is 2.27 bits per heavy atom. The first kappa shape index (κ1) is 23.1. The quantitative estimate of drug-likeness (QED) is 0.200. The molecule has 0 bridgehead atoms. The van der Waals surface area contributed by atoms with Gasteiger partial charge in [0.2, 0.25) is 17.7 Å². The maximum absolute atomic E-state index is 12.6. The van der Waals surface area contributed by atoms with E-state index >= 15 is 0 Å². The first-order valence-electron chi connectivity index (χ1n) is 11.6. The maximum atomic E-state index is 12.6. The molecule has 3 fully saturated rings. The Labute approximate surface area is 184 Å². The van der Waals surface area contributed by atoms with E-state index in [0.29, 0.717) is 43.7 Å². The van der Waals surface area contributed by atoms with E-state index in [9.17, 15) is 14.4 Å². The molecule has 3 aliphatic rings. The van der Waals surface area contributed by atoms with Crippen LogP contribution in [0, 0.1) is 5.41 Å². The molecule has 8 heteroatoms. The fourth-order valence-corrected chi connectivity index (χ4v) is 5.77. The lowest BCUT2D eigenvalue weighted by molar-refractivity contribution is -0.138. The van der Waals surface area contributed by atoms with Gasteiger partial charge in [-0.3, -0.25) is 24.7 Å². The fraction of sp³-hybridized carbons (Fsp3) is 0.818. The molecule has 1 aliphatic heterocycles. The number of imide groups is 1. The molecule has 3 N–H and O–H groups in total. The van der Waals surface area contributed by atoms with Crippen LogP contribution in [0.2, 0.25) is 0 Å². The third-order valence-electron chi connectivity index (χ3n) is 6.33. The van der Waals surface area contributed by atoms with Crippen LogP contribution in [0.25, 0.3) is 0 Å². The van der Waals surface area contributed by atoms with E-state index in [1.54, 1.807) is 0 Å². The first-order chi connectivity index (χ1) is 14.5. The van der Waals surface area contributed by atoms with E-state index in [4.69, 9.17) is 5.41 Å². The minimum atomic E-state index is -0.304. The molecule has 0 spiro atoms. The molecule has 7 nitrogen and oxygen atoms in total. The van der Waals surface area contributed by atoms with E-state index in [0.717, 1.165) is 37.9 Å². The molecule has 1 unspecified atom stereocenters. The lowest BCUT2D eigenvalue weighted by Crippen LogP contribution is -2.35. The average Bonchev–Trinajstić information content (AvgIpc) is 3.45. The summed E-state index contributed by atoms with van der Waals surface area (Å²) in [5.41, 5.74) is 0. The summed E-state index contributed by atoms with van der Waals surface area (Å²) in [5, 5.41) is 14.1. The van der Waals surface area contributed by atoms with Crippen LogP contribution < -0.4 is 10.6 Å². The highest BCUT2D eigenvalue weighted by Gasteiger charge is 2.38. The van der Waals surface area contributed by atoms with E-state index in [-0.39, 0.29) is 29.4 Å². The van der Waals surface area contributed by atoms with Gasteiger partial charge >= 0.3 is 0 Å². The molecule has 2 aliphatic carbocycles. The summed E-state index contributed by atoms with van der Waals surface area (Å²) in [6.45, 7) is 0.336. The summed E-state index contributed by atoms with van der Waals surface area (Å²) in [6, 6.07) is 0.774. The molecule has 1 atom stereocenters. The van der Waals surface area contributed by atoms with Crippen LogP contribution in [0.3, 0.4) is 0 Å². The average molecular weight is 437 g/mol. The molecule has 3 amide bonds. The van der Waals surface area contributed by atoms with Crippen LogP contribution in [0.4, 0.5) is 0 Å². The predicted molar refractivity (Wildman–Crippen MR) is 120 cm³/mol. The highest BCUT2D eigenvalue weighted by molar-refractivity contribution is 8.00. The summed E-state index contributed by atoms with van der Waals surface area (Å²) in [6.07, 6.45) is 12.0. The monoisotopic (exact) mass is 436 g/mol. The smallest absolute Gasteiger partial charge is 0.242 e. The standard InChI is InChI=1S/C22H36N4O3S/c23-19(24-16-7-1-2-8-16)11-6-14-30-18-15-21(28)26(22(18)29)13-5-12-20(27)25-17-9-3-4-10-17/h16-18H,1-15H2,(H2,23,24)(H,25,27). The van der Waals surface area contributed by atoms with Crippen LogP contribution in [-0.4, -0.2) is 58.1 Å². The number of rotatable bonds is 11. The lowest BCUT2D eigenvalue weighted by atomic mass is 10.2. The van der Waals surface area contributed by atoms with Gasteiger partial charge in [-0.2, -0.15) is 0 Å². The summed E-state index contributed by atoms with van der Waals surface area (Å²) in [5.74, 6) is 1.16. The fourth-order valence-electron chi connectivity index (χ4n) is 4.65. The number of hydrogen-bond donors (Lipinski definition) is 3. The SMILES string of the molecule is N=C(CCCSC1CC(=O)N(CCCC(=O)NC2CCCC2)C1=O)NC1CCCC1. The summed E-state index contributed by atoms with van der Waals surface area (Å²) in [7, 11) is 0. The largest absolute Gasteiger partial charge is 0.371 e. The van der Waals surface area contributed by atoms with Gasteiger partial charge in [0.05, 0.1) is 11.1 Å². The van der Waals surface area contributed by atoms with Gasteiger partial charge in [-0.25, -0.2) is 0 Å². The van der Waals surface area contributed by atoms with E-state index in [1.807, 2.05) is 0 Å². The minimum absolute atomic E-state index is 0.0283. The number of nitrogens with zero attached hydrogens (tertiary/aromatic N) is 1. The highest BCUT2D eigenvalue weighted by atomic mass is 32.2. The van der Waals surface area contributed by atoms with E-state index in [1.165, 1.54) is 42.3 Å². The van der Waals surface area contributed by atoms with Gasteiger partial charge in [-0.15, -0.1) is 11.8 Å². The van der Waals surface area contributed by atoms with Gasteiger partial charge in [-0.05, 0) is 44.3 Å². The highest BCUT2D eigenvalue weighted by Crippen LogP contribution is 2.26. The molecule has 168 valence electrons. The molecule has 0 aromatic rings. The molecule has 2 saturated carbocycles. The van der Waals surface area contributed by atoms with Gasteiger partial charge in [0.25, 0.3) is 0 Å². The summed E-state index contributed by atoms with van der Waals surface area (Å²) < 4.78 is 0. The van der Waals surface area contributed by atoms with Crippen LogP contribution >= 0.6 is 11.8 Å². The zero-order valence-corrected chi connectivity index (χ0v) is 18.7. The number of amides is 3. The molecule has 0 aromatic carbocycles. The molecule has 30 heavy (non-hydrogen) atoms. The Morgan fingerprint density at radius 2 is 1.60 bits per heavy atom. The lowest BCUT2D eigenvalue weighted by Gasteiger charge is -2.16. The van der Waals surface area contributed by atoms with Crippen molar-refractivity contribution >= 4 is 35.3 Å². The zero-order valence-electron chi connectivity index (χ0n) is 17.9. The number of amidine groups is 1. The Hall–Kier alpha value is -1.57. The minimum Gasteiger partial charge on any atom is -0.371 e. The van der Waals surface area contributed by atoms with Crippen LogP contribution in [0.15, 0.2) is 0 Å². The zero-order chi connectivity index (χ0) is 21.3. The Balaban J connectivity index is 1.28. The second-order valence-electron chi connectivity index (χ2n) is 8.81. The number of hydrogen-bond acceptors (Lipinski definition) is 5. The van der Waals surface area contributed by atoms with Crippen molar-refractivity contribution in [2.75, 3.05) is 12.3 Å². The van der Waals surface area contributed by atoms with Gasteiger partial charge < -0.3 is 10.6 Å². The number of likely N-dealkylation sites (tertiary alicyclic amines) is 1. The molecular weight excluding hydrogens is 400 g/mol. The van der Waals surface area contributed by atoms with Crippen molar-refractivity contribution in [2.24, 2.45) is 0 Å². The van der Waals surface area contributed by atoms with Gasteiger partial charge in [-0.1, -0.05) is 25.7 Å². The number of nitrogens with one attached hydrogen (secondary N) is 3. The topological polar surface area (TPSA) is 102 Å². The summed E-state index contributed by atoms with van der Waals surface area (Å²) >= 11 is 1.53. The van der Waals surface area contributed by atoms with Crippen molar-refractivity contribution in [1.29, 1.82) is 5.41 Å². The van der Waals surface area contributed by atoms with Gasteiger partial charge in [0.1, 0.15) is 0 Å². The Morgan fingerprint density at radius 1 is 0.967 bits per heavy atom. The number of carbonyl (C=O) groups is 3. The molecule has 3 rings (SSSR count). The third-order valence-corrected chi connectivity index (χ3v) is 7.63. The van der Waals surface area contributed by atoms with Crippen molar-refractivity contribution in [3.05, 3.63) is 0 Å². The third kappa shape index (κ3) is 7.00. The maximum Gasteiger partial charge on any atom is 0.242 e. The number of thioether (sulfide) groups is 1. The normalized spacial score (nSPS) is 22.8. The predicted octanol–water partition coefficient (Wildman–Crippen LogP) is 2.98. The molecule has 0 aromatic heterocycles. The van der Waals surface area contributed by atoms with Crippen molar-refractivity contribution in [3.63, 3.8) is 0 Å². The van der Waals surface area contributed by atoms with Gasteiger partial charge in [0.15, 0.2) is 0 Å². The van der Waals surface area contributed by atoms with Gasteiger partial charge in [0, 0.05) is 37.9 Å². The Bertz CT molecular complexity index is 630. The first-order valence-corrected chi connectivity index (χ1v) is 12.7. The molecule has 1 saturated heterocycles. The van der Waals surface area contributed by atoms with E-state index in [2.05, 4.69) is 10.6 Å². The van der Waals surface area contributed by atoms with Crippen molar-refractivity contribution < 1.29 is 14.4 Å². The van der Waals surface area contributed by atoms with Crippen LogP contribution in [0.5, 0.6) is 0 Å². The number of carbonyl (C=O) groups excluding carboxylic acids is 3. The van der Waals surface area contributed by atoms with Crippen molar-refractivity contribution in [1.82, 2.24) is 15.5 Å². The van der Waals surface area contributed by atoms with Crippen molar-refractivity contribution in [3.8, 4) is 0 Å². The van der Waals surface area contributed by atoms with E-state index < -0.39 is 0 Å². The van der Waals surface area contributed by atoms with Crippen LogP contribution in [-0.2, 0) is 14.4 Å². The summed E-state index contributed by atoms with van der Waals surface area (Å²) in [4.78, 5) is 38.1. The Kier molecular flexibility index (Phi) is 9.03. The second kappa shape index (κ2) is 11.7. The molecule has 0 radical (unpaired) electrons. The molecule has 1 heterocycles. The molecular formula is C22H36N4O3S.